The Morgan fingerprint density at radius 1 is 1.35 bits per heavy atom. The standard InChI is InChI=1S/C12H18ClN3O3S/c1-2-6-15-12(17)5-7-16-20(18,19)11-8-9(13)3-4-10(11)14/h3-4,8,16H,2,5-7,14H2,1H3,(H,15,17). The van der Waals surface area contributed by atoms with Gasteiger partial charge in [0.2, 0.25) is 15.9 Å². The van der Waals surface area contributed by atoms with E-state index in [1.807, 2.05) is 6.92 Å². The van der Waals surface area contributed by atoms with Crippen molar-refractivity contribution < 1.29 is 13.2 Å². The Balaban J connectivity index is 2.62. The first-order valence-electron chi connectivity index (χ1n) is 6.18. The van der Waals surface area contributed by atoms with Crippen LogP contribution in [0.4, 0.5) is 5.69 Å². The molecule has 0 aliphatic rings. The van der Waals surface area contributed by atoms with Gasteiger partial charge in [0.15, 0.2) is 0 Å². The third-order valence-corrected chi connectivity index (χ3v) is 4.23. The molecule has 1 aromatic carbocycles. The maximum atomic E-state index is 12.0. The smallest absolute Gasteiger partial charge is 0.242 e. The summed E-state index contributed by atoms with van der Waals surface area (Å²) in [7, 11) is -3.77. The molecule has 0 saturated carbocycles. The Kier molecular flexibility index (Phi) is 6.25. The van der Waals surface area contributed by atoms with E-state index >= 15 is 0 Å². The third-order valence-electron chi connectivity index (χ3n) is 2.48. The van der Waals surface area contributed by atoms with Crippen LogP contribution in [-0.2, 0) is 14.8 Å². The van der Waals surface area contributed by atoms with Crippen molar-refractivity contribution in [2.75, 3.05) is 18.8 Å². The average Bonchev–Trinajstić information content (AvgIpc) is 2.38. The number of halogens is 1. The van der Waals surface area contributed by atoms with Gasteiger partial charge < -0.3 is 11.1 Å². The SMILES string of the molecule is CCCNC(=O)CCNS(=O)(=O)c1cc(Cl)ccc1N. The molecule has 0 radical (unpaired) electrons. The highest BCUT2D eigenvalue weighted by molar-refractivity contribution is 7.89. The zero-order valence-corrected chi connectivity index (χ0v) is 12.7. The molecular formula is C12H18ClN3O3S. The van der Waals surface area contributed by atoms with E-state index in [4.69, 9.17) is 17.3 Å². The number of nitrogens with one attached hydrogen (secondary N) is 2. The van der Waals surface area contributed by atoms with Crippen molar-refractivity contribution in [3.05, 3.63) is 23.2 Å². The van der Waals surface area contributed by atoms with Crippen LogP contribution in [0.25, 0.3) is 0 Å². The fourth-order valence-corrected chi connectivity index (χ4v) is 2.89. The molecule has 0 fully saturated rings. The number of sulfonamides is 1. The van der Waals surface area contributed by atoms with Crippen LogP contribution in [-0.4, -0.2) is 27.4 Å². The number of nitrogens with two attached hydrogens (primary N) is 1. The number of amides is 1. The minimum atomic E-state index is -3.77. The van der Waals surface area contributed by atoms with Gasteiger partial charge in [0.25, 0.3) is 0 Å². The number of benzene rings is 1. The molecule has 1 amide bonds. The summed E-state index contributed by atoms with van der Waals surface area (Å²) in [5, 5.41) is 2.94. The predicted molar refractivity (Wildman–Crippen MR) is 79.0 cm³/mol. The first-order valence-corrected chi connectivity index (χ1v) is 8.04. The fraction of sp³-hybridized carbons (Fsp3) is 0.417. The molecule has 20 heavy (non-hydrogen) atoms. The minimum absolute atomic E-state index is 0.00380. The number of rotatable bonds is 7. The summed E-state index contributed by atoms with van der Waals surface area (Å²) < 4.78 is 26.4. The van der Waals surface area contributed by atoms with Crippen LogP contribution in [0.15, 0.2) is 23.1 Å². The average molecular weight is 320 g/mol. The van der Waals surface area contributed by atoms with E-state index in [0.717, 1.165) is 6.42 Å². The van der Waals surface area contributed by atoms with Gasteiger partial charge in [-0.05, 0) is 24.6 Å². The Bertz CT molecular complexity index is 575. The van der Waals surface area contributed by atoms with E-state index in [1.165, 1.54) is 18.2 Å². The molecule has 1 rings (SSSR count). The van der Waals surface area contributed by atoms with Gasteiger partial charge in [-0.2, -0.15) is 0 Å². The number of carbonyl (C=O) groups excluding carboxylic acids is 1. The highest BCUT2D eigenvalue weighted by Gasteiger charge is 2.17. The van der Waals surface area contributed by atoms with Gasteiger partial charge in [0.1, 0.15) is 4.90 Å². The normalized spacial score (nSPS) is 11.3. The van der Waals surface area contributed by atoms with Crippen LogP contribution in [0.1, 0.15) is 19.8 Å². The second kappa shape index (κ2) is 7.47. The summed E-state index contributed by atoms with van der Waals surface area (Å²) >= 11 is 5.75. The molecule has 0 spiro atoms. The molecule has 0 aromatic heterocycles. The number of carbonyl (C=O) groups is 1. The maximum absolute atomic E-state index is 12.0. The highest BCUT2D eigenvalue weighted by Crippen LogP contribution is 2.22. The second-order valence-electron chi connectivity index (χ2n) is 4.18. The summed E-state index contributed by atoms with van der Waals surface area (Å²) in [5.74, 6) is -0.200. The number of hydrogen-bond acceptors (Lipinski definition) is 4. The quantitative estimate of drug-likeness (QED) is 0.655. The molecule has 8 heteroatoms. The van der Waals surface area contributed by atoms with Crippen LogP contribution in [0.3, 0.4) is 0 Å². The lowest BCUT2D eigenvalue weighted by molar-refractivity contribution is -0.120. The molecule has 0 aliphatic heterocycles. The number of hydrogen-bond donors (Lipinski definition) is 3. The highest BCUT2D eigenvalue weighted by atomic mass is 35.5. The van der Waals surface area contributed by atoms with E-state index in [-0.39, 0.29) is 34.5 Å². The lowest BCUT2D eigenvalue weighted by atomic mass is 10.3. The van der Waals surface area contributed by atoms with E-state index in [0.29, 0.717) is 6.54 Å². The summed E-state index contributed by atoms with van der Waals surface area (Å²) in [6.45, 7) is 2.52. The van der Waals surface area contributed by atoms with Gasteiger partial charge in [-0.1, -0.05) is 18.5 Å². The summed E-state index contributed by atoms with van der Waals surface area (Å²) in [6, 6.07) is 4.20. The molecule has 0 aliphatic carbocycles. The largest absolute Gasteiger partial charge is 0.398 e. The first-order chi connectivity index (χ1) is 9.36. The molecule has 0 heterocycles. The Morgan fingerprint density at radius 3 is 2.70 bits per heavy atom. The second-order valence-corrected chi connectivity index (χ2v) is 6.35. The number of anilines is 1. The minimum Gasteiger partial charge on any atom is -0.398 e. The van der Waals surface area contributed by atoms with E-state index < -0.39 is 10.0 Å². The molecular weight excluding hydrogens is 302 g/mol. The molecule has 112 valence electrons. The predicted octanol–water partition coefficient (Wildman–Crippen LogP) is 1.12. The Hall–Kier alpha value is -1.31. The van der Waals surface area contributed by atoms with Crippen molar-refractivity contribution in [3.8, 4) is 0 Å². The molecule has 0 saturated heterocycles. The Morgan fingerprint density at radius 2 is 2.05 bits per heavy atom. The van der Waals surface area contributed by atoms with Crippen molar-refractivity contribution in [1.29, 1.82) is 0 Å². The number of nitrogen functional groups attached to an aromatic ring is 1. The zero-order chi connectivity index (χ0) is 15.2. The molecule has 1 aromatic rings. The molecule has 0 atom stereocenters. The van der Waals surface area contributed by atoms with Crippen LogP contribution >= 0.6 is 11.6 Å². The van der Waals surface area contributed by atoms with Gasteiger partial charge in [0.05, 0.1) is 5.69 Å². The molecule has 4 N–H and O–H groups in total. The van der Waals surface area contributed by atoms with E-state index in [1.54, 1.807) is 0 Å². The monoisotopic (exact) mass is 319 g/mol. The van der Waals surface area contributed by atoms with Gasteiger partial charge in [-0.25, -0.2) is 13.1 Å². The van der Waals surface area contributed by atoms with Crippen molar-refractivity contribution in [2.24, 2.45) is 0 Å². The lowest BCUT2D eigenvalue weighted by Gasteiger charge is -2.09. The summed E-state index contributed by atoms with van der Waals surface area (Å²) in [6.07, 6.45) is 0.899. The van der Waals surface area contributed by atoms with E-state index in [2.05, 4.69) is 10.0 Å². The summed E-state index contributed by atoms with van der Waals surface area (Å²) in [5.41, 5.74) is 5.72. The topological polar surface area (TPSA) is 101 Å². The molecule has 0 bridgehead atoms. The third kappa shape index (κ3) is 4.99. The van der Waals surface area contributed by atoms with Crippen LogP contribution in [0.5, 0.6) is 0 Å². The lowest BCUT2D eigenvalue weighted by Crippen LogP contribution is -2.31. The van der Waals surface area contributed by atoms with Gasteiger partial charge in [-0.3, -0.25) is 4.79 Å². The molecule has 6 nitrogen and oxygen atoms in total. The van der Waals surface area contributed by atoms with Crippen molar-refractivity contribution in [1.82, 2.24) is 10.0 Å². The van der Waals surface area contributed by atoms with Crippen LogP contribution in [0.2, 0.25) is 5.02 Å². The van der Waals surface area contributed by atoms with Crippen molar-refractivity contribution >= 4 is 33.2 Å². The first kappa shape index (κ1) is 16.7. The maximum Gasteiger partial charge on any atom is 0.242 e. The fourth-order valence-electron chi connectivity index (χ4n) is 1.47. The van der Waals surface area contributed by atoms with Crippen molar-refractivity contribution in [3.63, 3.8) is 0 Å². The van der Waals surface area contributed by atoms with Crippen LogP contribution in [0, 0.1) is 0 Å². The van der Waals surface area contributed by atoms with Gasteiger partial charge in [0, 0.05) is 24.5 Å². The van der Waals surface area contributed by atoms with Gasteiger partial charge in [-0.15, -0.1) is 0 Å². The molecule has 0 unspecified atom stereocenters. The zero-order valence-electron chi connectivity index (χ0n) is 11.1. The van der Waals surface area contributed by atoms with Crippen LogP contribution < -0.4 is 15.8 Å². The summed E-state index contributed by atoms with van der Waals surface area (Å²) in [4.78, 5) is 11.3. The Labute approximate surface area is 123 Å². The van der Waals surface area contributed by atoms with E-state index in [9.17, 15) is 13.2 Å². The van der Waals surface area contributed by atoms with Gasteiger partial charge >= 0.3 is 0 Å². The van der Waals surface area contributed by atoms with Crippen molar-refractivity contribution in [2.45, 2.75) is 24.7 Å².